The number of anilines is 1. The zero-order valence-corrected chi connectivity index (χ0v) is 16.5. The van der Waals surface area contributed by atoms with Crippen LogP contribution < -0.4 is 10.0 Å². The number of fused-ring (bicyclic) bond motifs is 2. The second-order valence-corrected chi connectivity index (χ2v) is 9.26. The molecule has 0 fully saturated rings. The lowest BCUT2D eigenvalue weighted by Crippen LogP contribution is -2.39. The van der Waals surface area contributed by atoms with E-state index in [-0.39, 0.29) is 0 Å². The minimum atomic E-state index is -5.11. The maximum absolute atomic E-state index is 12.5. The van der Waals surface area contributed by atoms with Gasteiger partial charge in [0.1, 0.15) is 5.25 Å². The van der Waals surface area contributed by atoms with Gasteiger partial charge in [0, 0.05) is 17.0 Å². The van der Waals surface area contributed by atoms with Gasteiger partial charge in [-0.25, -0.2) is 17.9 Å². The third-order valence-corrected chi connectivity index (χ3v) is 6.89. The molecule has 0 saturated heterocycles. The van der Waals surface area contributed by atoms with Crippen molar-refractivity contribution in [3.63, 3.8) is 0 Å². The molecule has 1 atom stereocenters. The number of nitrogens with one attached hydrogen (secondary N) is 2. The van der Waals surface area contributed by atoms with Gasteiger partial charge in [-0.1, -0.05) is 12.2 Å². The molecule has 3 aliphatic carbocycles. The molecule has 160 valence electrons. The number of carbonyl (C=O) groups excluding carboxylic acids is 2. The molecule has 0 aliphatic heterocycles. The first-order chi connectivity index (χ1) is 14.1. The predicted molar refractivity (Wildman–Crippen MR) is 101 cm³/mol. The summed E-state index contributed by atoms with van der Waals surface area (Å²) in [6.07, 6.45) is 2.13. The van der Waals surface area contributed by atoms with Crippen molar-refractivity contribution >= 4 is 27.5 Å². The number of pyridine rings is 1. The van der Waals surface area contributed by atoms with E-state index in [9.17, 15) is 31.2 Å². The number of hydrogen-bond donors (Lipinski definition) is 2. The number of halogens is 3. The second-order valence-electron chi connectivity index (χ2n) is 7.42. The predicted octanol–water partition coefficient (Wildman–Crippen LogP) is 2.51. The molecule has 1 aromatic heterocycles. The van der Waals surface area contributed by atoms with Crippen LogP contribution in [-0.4, -0.2) is 36.6 Å². The van der Waals surface area contributed by atoms with Crippen molar-refractivity contribution in [3.05, 3.63) is 46.3 Å². The molecule has 0 bridgehead atoms. The fraction of sp³-hybridized carbons (Fsp3) is 0.421. The largest absolute Gasteiger partial charge is 0.454 e. The Labute approximate surface area is 170 Å². The fourth-order valence-corrected chi connectivity index (χ4v) is 5.12. The summed E-state index contributed by atoms with van der Waals surface area (Å²) >= 11 is 0. The SMILES string of the molecule is O=C(Nc1c2c(nc3c1CCC3)CCC2)NS(=O)(=O)C1C=CC(C(=O)C(F)(F)F)=C1. The van der Waals surface area contributed by atoms with Crippen LogP contribution in [0.3, 0.4) is 0 Å². The van der Waals surface area contributed by atoms with Gasteiger partial charge in [0.15, 0.2) is 0 Å². The van der Waals surface area contributed by atoms with Crippen LogP contribution in [0.1, 0.15) is 35.4 Å². The first kappa shape index (κ1) is 20.6. The van der Waals surface area contributed by atoms with Gasteiger partial charge in [0.25, 0.3) is 5.78 Å². The first-order valence-corrected chi connectivity index (χ1v) is 11.0. The summed E-state index contributed by atoms with van der Waals surface area (Å²) in [5, 5.41) is 1.06. The smallest absolute Gasteiger partial charge is 0.306 e. The number of urea groups is 1. The maximum Gasteiger partial charge on any atom is 0.454 e. The summed E-state index contributed by atoms with van der Waals surface area (Å²) < 4.78 is 64.3. The zero-order valence-electron chi connectivity index (χ0n) is 15.7. The summed E-state index contributed by atoms with van der Waals surface area (Å²) in [7, 11) is -4.38. The van der Waals surface area contributed by atoms with E-state index >= 15 is 0 Å². The molecule has 2 N–H and O–H groups in total. The highest BCUT2D eigenvalue weighted by molar-refractivity contribution is 7.91. The average Bonchev–Trinajstić information content (AvgIpc) is 3.39. The van der Waals surface area contributed by atoms with E-state index in [0.29, 0.717) is 11.8 Å². The number of hydrogen-bond acceptors (Lipinski definition) is 5. The molecule has 1 unspecified atom stereocenters. The van der Waals surface area contributed by atoms with Gasteiger partial charge in [-0.05, 0) is 55.7 Å². The molecule has 1 aromatic rings. The van der Waals surface area contributed by atoms with Crippen LogP contribution >= 0.6 is 0 Å². The Morgan fingerprint density at radius 2 is 1.63 bits per heavy atom. The minimum Gasteiger partial charge on any atom is -0.306 e. The molecule has 7 nitrogen and oxygen atoms in total. The molecular formula is C19H18F3N3O4S. The van der Waals surface area contributed by atoms with Gasteiger partial charge in [-0.2, -0.15) is 13.2 Å². The van der Waals surface area contributed by atoms with Crippen molar-refractivity contribution in [2.45, 2.75) is 50.0 Å². The number of aromatic nitrogens is 1. The van der Waals surface area contributed by atoms with E-state index in [1.165, 1.54) is 0 Å². The summed E-state index contributed by atoms with van der Waals surface area (Å²) in [6.45, 7) is 0. The molecule has 2 amide bonds. The summed E-state index contributed by atoms with van der Waals surface area (Å²) in [4.78, 5) is 28.4. The Hall–Kier alpha value is -2.69. The molecule has 11 heteroatoms. The molecule has 3 aliphatic rings. The van der Waals surface area contributed by atoms with Gasteiger partial charge < -0.3 is 5.32 Å². The number of amides is 2. The number of aryl methyl sites for hydroxylation is 2. The highest BCUT2D eigenvalue weighted by Gasteiger charge is 2.42. The van der Waals surface area contributed by atoms with E-state index in [4.69, 9.17) is 0 Å². The normalized spacial score (nSPS) is 20.0. The first-order valence-electron chi connectivity index (χ1n) is 9.44. The third kappa shape index (κ3) is 3.73. The van der Waals surface area contributed by atoms with Crippen LogP contribution in [0.5, 0.6) is 0 Å². The number of allylic oxidation sites excluding steroid dienone is 2. The van der Waals surface area contributed by atoms with E-state index in [0.717, 1.165) is 73.2 Å². The molecule has 30 heavy (non-hydrogen) atoms. The van der Waals surface area contributed by atoms with Crippen molar-refractivity contribution in [2.75, 3.05) is 5.32 Å². The quantitative estimate of drug-likeness (QED) is 0.747. The monoisotopic (exact) mass is 441 g/mol. The lowest BCUT2D eigenvalue weighted by molar-refractivity contribution is -0.166. The number of rotatable bonds is 4. The number of Topliss-reactive ketones (excluding diaryl/α,β-unsaturated/α-hetero) is 1. The molecular weight excluding hydrogens is 423 g/mol. The van der Waals surface area contributed by atoms with Crippen molar-refractivity contribution in [2.24, 2.45) is 0 Å². The van der Waals surface area contributed by atoms with E-state index < -0.39 is 38.8 Å². The number of alkyl halides is 3. The van der Waals surface area contributed by atoms with Crippen LogP contribution in [0.25, 0.3) is 0 Å². The summed E-state index contributed by atoms with van der Waals surface area (Å²) in [5.74, 6) is -2.14. The maximum atomic E-state index is 12.5. The lowest BCUT2D eigenvalue weighted by atomic mass is 10.1. The highest BCUT2D eigenvalue weighted by atomic mass is 32.2. The van der Waals surface area contributed by atoms with E-state index in [2.05, 4.69) is 10.3 Å². The summed E-state index contributed by atoms with van der Waals surface area (Å²) in [6, 6.07) is -0.998. The van der Waals surface area contributed by atoms with Crippen molar-refractivity contribution < 1.29 is 31.2 Å². The van der Waals surface area contributed by atoms with Gasteiger partial charge in [-0.3, -0.25) is 9.78 Å². The third-order valence-electron chi connectivity index (χ3n) is 5.41. The number of carbonyl (C=O) groups is 2. The van der Waals surface area contributed by atoms with E-state index in [1.807, 2.05) is 4.72 Å². The van der Waals surface area contributed by atoms with Gasteiger partial charge in [0.2, 0.25) is 10.0 Å². The van der Waals surface area contributed by atoms with Crippen LogP contribution in [-0.2, 0) is 40.5 Å². The second kappa shape index (κ2) is 7.22. The Morgan fingerprint density at radius 3 is 2.20 bits per heavy atom. The number of nitrogens with zero attached hydrogens (tertiary/aromatic N) is 1. The molecule has 0 radical (unpaired) electrons. The van der Waals surface area contributed by atoms with Gasteiger partial charge in [-0.15, -0.1) is 0 Å². The highest BCUT2D eigenvalue weighted by Crippen LogP contribution is 2.36. The average molecular weight is 441 g/mol. The van der Waals surface area contributed by atoms with E-state index in [1.54, 1.807) is 0 Å². The van der Waals surface area contributed by atoms with Gasteiger partial charge in [0.05, 0.1) is 5.69 Å². The molecule has 0 aromatic carbocycles. The van der Waals surface area contributed by atoms with Crippen LogP contribution in [0.2, 0.25) is 0 Å². The Bertz CT molecular complexity index is 1070. The number of ketones is 1. The standard InChI is InChI=1S/C19H18F3N3O4S/c20-19(21,22)17(26)10-7-8-11(9-10)30(28,29)25-18(27)24-16-12-3-1-5-14(12)23-15-6-2-4-13(15)16/h7-9,11H,1-6H2,(H2,23,24,25,27). The Morgan fingerprint density at radius 1 is 1.03 bits per heavy atom. The molecule has 0 saturated carbocycles. The Balaban J connectivity index is 1.51. The number of sulfonamides is 1. The van der Waals surface area contributed by atoms with Crippen molar-refractivity contribution in [3.8, 4) is 0 Å². The van der Waals surface area contributed by atoms with Crippen LogP contribution in [0.4, 0.5) is 23.7 Å². The molecule has 4 rings (SSSR count). The van der Waals surface area contributed by atoms with Gasteiger partial charge >= 0.3 is 12.2 Å². The Kier molecular flexibility index (Phi) is 4.95. The minimum absolute atomic E-state index is 0.586. The summed E-state index contributed by atoms with van der Waals surface area (Å²) in [5.41, 5.74) is 3.44. The topological polar surface area (TPSA) is 105 Å². The van der Waals surface area contributed by atoms with Crippen LogP contribution in [0, 0.1) is 0 Å². The van der Waals surface area contributed by atoms with Crippen molar-refractivity contribution in [1.29, 1.82) is 0 Å². The molecule has 0 spiro atoms. The van der Waals surface area contributed by atoms with Crippen LogP contribution in [0.15, 0.2) is 23.8 Å². The van der Waals surface area contributed by atoms with Crippen molar-refractivity contribution in [1.82, 2.24) is 9.71 Å². The zero-order chi connectivity index (χ0) is 21.7. The molecule has 1 heterocycles. The lowest BCUT2D eigenvalue weighted by Gasteiger charge is -2.16. The fourth-order valence-electron chi connectivity index (χ4n) is 4.07.